The second kappa shape index (κ2) is 6.99. The van der Waals surface area contributed by atoms with Crippen molar-refractivity contribution in [3.63, 3.8) is 0 Å². The average molecular weight is 390 g/mol. The Balaban J connectivity index is 2.87. The maximum absolute atomic E-state index is 12.3. The minimum Gasteiger partial charge on any atom is -0.404 e. The predicted octanol–water partition coefficient (Wildman–Crippen LogP) is 3.62. The van der Waals surface area contributed by atoms with Crippen LogP contribution in [-0.2, 0) is 4.79 Å². The van der Waals surface area contributed by atoms with E-state index in [1.807, 2.05) is 5.32 Å². The number of ether oxygens (including phenoxy) is 1. The van der Waals surface area contributed by atoms with Crippen molar-refractivity contribution in [2.75, 3.05) is 5.32 Å². The summed E-state index contributed by atoms with van der Waals surface area (Å²) in [4.78, 5) is 22.7. The molecule has 0 aromatic heterocycles. The highest BCUT2D eigenvalue weighted by atomic mass is 79.9. The molecule has 1 aromatic rings. The topological polar surface area (TPSA) is 67.4 Å². The van der Waals surface area contributed by atoms with E-state index in [0.29, 0.717) is 4.47 Å². The molecular formula is C11H9BrClF3N2O3. The third-order valence-electron chi connectivity index (χ3n) is 2.02. The normalized spacial score (nSPS) is 12.5. The molecule has 0 saturated heterocycles. The lowest BCUT2D eigenvalue weighted by molar-refractivity contribution is -0.274. The quantitative estimate of drug-likeness (QED) is 0.776. The first-order chi connectivity index (χ1) is 9.58. The van der Waals surface area contributed by atoms with E-state index in [0.717, 1.165) is 6.07 Å². The summed E-state index contributed by atoms with van der Waals surface area (Å²) in [6.07, 6.45) is -4.92. The summed E-state index contributed by atoms with van der Waals surface area (Å²) in [7, 11) is 0. The largest absolute Gasteiger partial charge is 0.573 e. The van der Waals surface area contributed by atoms with Gasteiger partial charge in [0.25, 0.3) is 0 Å². The Morgan fingerprint density at radius 1 is 1.38 bits per heavy atom. The highest BCUT2D eigenvalue weighted by Crippen LogP contribution is 2.32. The molecule has 21 heavy (non-hydrogen) atoms. The van der Waals surface area contributed by atoms with E-state index in [1.165, 1.54) is 19.1 Å². The molecule has 0 aliphatic carbocycles. The third kappa shape index (κ3) is 6.21. The molecule has 0 heterocycles. The molecule has 10 heteroatoms. The van der Waals surface area contributed by atoms with Crippen molar-refractivity contribution in [1.29, 1.82) is 0 Å². The van der Waals surface area contributed by atoms with Gasteiger partial charge >= 0.3 is 12.4 Å². The van der Waals surface area contributed by atoms with Gasteiger partial charge < -0.3 is 10.1 Å². The average Bonchev–Trinajstić information content (AvgIpc) is 2.30. The van der Waals surface area contributed by atoms with Gasteiger partial charge in [0.15, 0.2) is 5.75 Å². The molecule has 1 unspecified atom stereocenters. The van der Waals surface area contributed by atoms with Gasteiger partial charge in [-0.2, -0.15) is 0 Å². The third-order valence-corrected chi connectivity index (χ3v) is 2.71. The van der Waals surface area contributed by atoms with Crippen LogP contribution in [0.5, 0.6) is 5.75 Å². The van der Waals surface area contributed by atoms with Gasteiger partial charge in [-0.15, -0.1) is 24.8 Å². The van der Waals surface area contributed by atoms with Crippen LogP contribution in [-0.4, -0.2) is 23.7 Å². The fourth-order valence-electron chi connectivity index (χ4n) is 1.17. The molecule has 1 rings (SSSR count). The van der Waals surface area contributed by atoms with Crippen molar-refractivity contribution >= 4 is 45.2 Å². The Kier molecular flexibility index (Phi) is 5.85. The van der Waals surface area contributed by atoms with Gasteiger partial charge in [0.1, 0.15) is 5.38 Å². The number of amides is 3. The van der Waals surface area contributed by atoms with E-state index in [2.05, 4.69) is 26.0 Å². The molecule has 0 aliphatic heterocycles. The Labute approximate surface area is 130 Å². The van der Waals surface area contributed by atoms with Crippen LogP contribution in [0.3, 0.4) is 0 Å². The van der Waals surface area contributed by atoms with Gasteiger partial charge in [0.05, 0.1) is 5.69 Å². The summed E-state index contributed by atoms with van der Waals surface area (Å²) in [6.45, 7) is 1.34. The molecule has 1 aromatic carbocycles. The van der Waals surface area contributed by atoms with Crippen LogP contribution in [0.4, 0.5) is 23.7 Å². The molecule has 0 spiro atoms. The van der Waals surface area contributed by atoms with Crippen LogP contribution in [0, 0.1) is 0 Å². The molecule has 2 N–H and O–H groups in total. The number of rotatable bonds is 3. The van der Waals surface area contributed by atoms with Crippen molar-refractivity contribution in [2.24, 2.45) is 0 Å². The molecule has 0 saturated carbocycles. The highest BCUT2D eigenvalue weighted by molar-refractivity contribution is 9.10. The number of anilines is 1. The van der Waals surface area contributed by atoms with Crippen LogP contribution in [0.15, 0.2) is 22.7 Å². The number of carbonyl (C=O) groups excluding carboxylic acids is 2. The zero-order valence-corrected chi connectivity index (χ0v) is 12.8. The summed E-state index contributed by atoms with van der Waals surface area (Å²) in [5, 5.41) is 2.97. The Morgan fingerprint density at radius 2 is 2.00 bits per heavy atom. The predicted molar refractivity (Wildman–Crippen MR) is 73.3 cm³/mol. The summed E-state index contributed by atoms with van der Waals surface area (Å²) < 4.78 is 40.9. The molecule has 5 nitrogen and oxygen atoms in total. The first-order valence-corrected chi connectivity index (χ1v) is 6.62. The minimum absolute atomic E-state index is 0.261. The minimum atomic E-state index is -4.92. The number of urea groups is 1. The smallest absolute Gasteiger partial charge is 0.404 e. The van der Waals surface area contributed by atoms with Gasteiger partial charge in [-0.3, -0.25) is 10.1 Å². The Bertz CT molecular complexity index is 552. The fraction of sp³-hybridized carbons (Fsp3) is 0.273. The highest BCUT2D eigenvalue weighted by Gasteiger charge is 2.32. The molecular weight excluding hydrogens is 380 g/mol. The van der Waals surface area contributed by atoms with E-state index < -0.39 is 29.4 Å². The molecule has 0 bridgehead atoms. The van der Waals surface area contributed by atoms with Gasteiger partial charge in [0, 0.05) is 4.47 Å². The maximum Gasteiger partial charge on any atom is 0.573 e. The molecule has 3 amide bonds. The molecule has 0 aliphatic rings. The lowest BCUT2D eigenvalue weighted by Crippen LogP contribution is -2.38. The summed E-state index contributed by atoms with van der Waals surface area (Å²) in [5.41, 5.74) is -0.261. The molecule has 116 valence electrons. The number of nitrogens with one attached hydrogen (secondary N) is 2. The van der Waals surface area contributed by atoms with E-state index in [-0.39, 0.29) is 5.69 Å². The maximum atomic E-state index is 12.3. The number of hydrogen-bond acceptors (Lipinski definition) is 3. The van der Waals surface area contributed by atoms with Gasteiger partial charge in [-0.05, 0) is 25.1 Å². The number of hydrogen-bond donors (Lipinski definition) is 2. The molecule has 0 radical (unpaired) electrons. The first-order valence-electron chi connectivity index (χ1n) is 5.39. The van der Waals surface area contributed by atoms with Crippen LogP contribution in [0.2, 0.25) is 0 Å². The first kappa shape index (κ1) is 17.6. The van der Waals surface area contributed by atoms with Gasteiger partial charge in [-0.25, -0.2) is 4.79 Å². The summed E-state index contributed by atoms with van der Waals surface area (Å²) >= 11 is 8.42. The fourth-order valence-corrected chi connectivity index (χ4v) is 1.57. The second-order valence-corrected chi connectivity index (χ2v) is 5.32. The summed E-state index contributed by atoms with van der Waals surface area (Å²) in [5.74, 6) is -1.41. The summed E-state index contributed by atoms with van der Waals surface area (Å²) in [6, 6.07) is 2.57. The molecule has 0 fully saturated rings. The van der Waals surface area contributed by atoms with Crippen LogP contribution in [0.25, 0.3) is 0 Å². The van der Waals surface area contributed by atoms with Crippen molar-refractivity contribution in [3.05, 3.63) is 22.7 Å². The van der Waals surface area contributed by atoms with E-state index >= 15 is 0 Å². The Morgan fingerprint density at radius 3 is 2.52 bits per heavy atom. The second-order valence-electron chi connectivity index (χ2n) is 3.75. The lowest BCUT2D eigenvalue weighted by atomic mass is 10.3. The van der Waals surface area contributed by atoms with Crippen LogP contribution >= 0.6 is 27.5 Å². The molecule has 1 atom stereocenters. The SMILES string of the molecule is CC(Cl)C(=O)NC(=O)Nc1ccc(Br)cc1OC(F)(F)F. The van der Waals surface area contributed by atoms with E-state index in [4.69, 9.17) is 11.6 Å². The van der Waals surface area contributed by atoms with Crippen LogP contribution in [0.1, 0.15) is 6.92 Å². The number of alkyl halides is 4. The van der Waals surface area contributed by atoms with Crippen molar-refractivity contribution in [2.45, 2.75) is 18.7 Å². The number of imide groups is 1. The number of carbonyl (C=O) groups is 2. The lowest BCUT2D eigenvalue weighted by Gasteiger charge is -2.14. The number of halogens is 5. The zero-order chi connectivity index (χ0) is 16.2. The van der Waals surface area contributed by atoms with Crippen molar-refractivity contribution in [1.82, 2.24) is 5.32 Å². The van der Waals surface area contributed by atoms with Crippen molar-refractivity contribution < 1.29 is 27.5 Å². The van der Waals surface area contributed by atoms with Crippen molar-refractivity contribution in [3.8, 4) is 5.75 Å². The van der Waals surface area contributed by atoms with E-state index in [9.17, 15) is 22.8 Å². The standard InChI is InChI=1S/C11H9BrClF3N2O3/c1-5(13)9(19)18-10(20)17-7-3-2-6(12)4-8(7)21-11(14,15)16/h2-5H,1H3,(H2,17,18,19,20). The van der Waals surface area contributed by atoms with Crippen LogP contribution < -0.4 is 15.4 Å². The zero-order valence-electron chi connectivity index (χ0n) is 10.4. The van der Waals surface area contributed by atoms with E-state index in [1.54, 1.807) is 0 Å². The van der Waals surface area contributed by atoms with Gasteiger partial charge in [0.2, 0.25) is 5.91 Å². The monoisotopic (exact) mass is 388 g/mol. The number of benzene rings is 1. The van der Waals surface area contributed by atoms with Gasteiger partial charge in [-0.1, -0.05) is 15.9 Å². The Hall–Kier alpha value is -1.48.